The predicted octanol–water partition coefficient (Wildman–Crippen LogP) is 1.73. The van der Waals surface area contributed by atoms with Crippen LogP contribution >= 0.6 is 0 Å². The van der Waals surface area contributed by atoms with E-state index in [1.807, 2.05) is 0 Å². The third-order valence-electron chi connectivity index (χ3n) is 4.66. The summed E-state index contributed by atoms with van der Waals surface area (Å²) in [4.78, 5) is 12.5. The Morgan fingerprint density at radius 2 is 1.52 bits per heavy atom. The van der Waals surface area contributed by atoms with Crippen LogP contribution in [0.25, 0.3) is 0 Å². The Morgan fingerprint density at radius 3 is 2.10 bits per heavy atom. The number of carbonyl (C=O) groups excluding carboxylic acids is 1. The Labute approximate surface area is 171 Å². The third-order valence-corrected chi connectivity index (χ3v) is 8.39. The summed E-state index contributed by atoms with van der Waals surface area (Å²) in [6.45, 7) is 0.664. The lowest BCUT2D eigenvalue weighted by Crippen LogP contribution is -2.35. The van der Waals surface area contributed by atoms with E-state index in [9.17, 15) is 21.6 Å². The number of sulfonamides is 2. The van der Waals surface area contributed by atoms with Gasteiger partial charge in [0.1, 0.15) is 0 Å². The SMILES string of the molecule is CN(CC(=O)Nc1ccc(S(=O)(=O)N2CCCC2)cc1)S(=O)(=O)c1ccccc1. The van der Waals surface area contributed by atoms with Crippen molar-refractivity contribution < 1.29 is 21.6 Å². The van der Waals surface area contributed by atoms with Gasteiger partial charge in [-0.3, -0.25) is 4.79 Å². The zero-order chi connectivity index (χ0) is 21.1. The largest absolute Gasteiger partial charge is 0.325 e. The summed E-state index contributed by atoms with van der Waals surface area (Å²) in [6, 6.07) is 13.7. The van der Waals surface area contributed by atoms with Crippen LogP contribution in [-0.2, 0) is 24.8 Å². The lowest BCUT2D eigenvalue weighted by Gasteiger charge is -2.17. The second-order valence-corrected chi connectivity index (χ2v) is 10.7. The van der Waals surface area contributed by atoms with Gasteiger partial charge in [-0.25, -0.2) is 16.8 Å². The molecule has 10 heteroatoms. The average molecular weight is 438 g/mol. The summed E-state index contributed by atoms with van der Waals surface area (Å²) in [6.07, 6.45) is 1.71. The van der Waals surface area contributed by atoms with Gasteiger partial charge >= 0.3 is 0 Å². The van der Waals surface area contributed by atoms with Crippen molar-refractivity contribution in [3.8, 4) is 0 Å². The molecule has 0 aromatic heterocycles. The van der Waals surface area contributed by atoms with Crippen LogP contribution < -0.4 is 5.32 Å². The maximum Gasteiger partial charge on any atom is 0.243 e. The molecule has 1 saturated heterocycles. The maximum absolute atomic E-state index is 12.5. The second kappa shape index (κ2) is 8.62. The Balaban J connectivity index is 1.64. The highest BCUT2D eigenvalue weighted by Crippen LogP contribution is 2.22. The number of hydrogen-bond donors (Lipinski definition) is 1. The number of hydrogen-bond acceptors (Lipinski definition) is 5. The normalized spacial score (nSPS) is 15.5. The monoisotopic (exact) mass is 437 g/mol. The molecular formula is C19H23N3O5S2. The molecule has 2 aromatic carbocycles. The van der Waals surface area contributed by atoms with Gasteiger partial charge in [-0.1, -0.05) is 18.2 Å². The number of likely N-dealkylation sites (N-methyl/N-ethyl adjacent to an activating group) is 1. The number of carbonyl (C=O) groups is 1. The van der Waals surface area contributed by atoms with Gasteiger partial charge in [-0.15, -0.1) is 0 Å². The number of nitrogens with one attached hydrogen (secondary N) is 1. The molecule has 0 unspecified atom stereocenters. The first kappa shape index (κ1) is 21.4. The molecule has 0 aliphatic carbocycles. The Hall–Kier alpha value is -2.27. The lowest BCUT2D eigenvalue weighted by molar-refractivity contribution is -0.116. The first-order valence-corrected chi connectivity index (χ1v) is 12.0. The lowest BCUT2D eigenvalue weighted by atomic mass is 10.3. The van der Waals surface area contributed by atoms with Crippen molar-refractivity contribution in [2.24, 2.45) is 0 Å². The van der Waals surface area contributed by atoms with Crippen molar-refractivity contribution >= 4 is 31.6 Å². The average Bonchev–Trinajstić information content (AvgIpc) is 3.24. The molecule has 1 amide bonds. The van der Waals surface area contributed by atoms with Gasteiger partial charge in [0.05, 0.1) is 16.3 Å². The minimum Gasteiger partial charge on any atom is -0.325 e. The fourth-order valence-electron chi connectivity index (χ4n) is 3.05. The molecule has 1 aliphatic heterocycles. The molecule has 1 heterocycles. The summed E-state index contributed by atoms with van der Waals surface area (Å²) >= 11 is 0. The summed E-state index contributed by atoms with van der Waals surface area (Å²) in [7, 11) is -5.97. The maximum atomic E-state index is 12.5. The van der Waals surface area contributed by atoms with E-state index < -0.39 is 26.0 Å². The molecule has 29 heavy (non-hydrogen) atoms. The predicted molar refractivity (Wildman–Crippen MR) is 109 cm³/mol. The molecule has 0 spiro atoms. The van der Waals surface area contributed by atoms with Crippen LogP contribution in [0.15, 0.2) is 64.4 Å². The molecule has 156 valence electrons. The van der Waals surface area contributed by atoms with Crippen LogP contribution in [0.5, 0.6) is 0 Å². The molecule has 0 radical (unpaired) electrons. The van der Waals surface area contributed by atoms with Gasteiger partial charge in [0.2, 0.25) is 26.0 Å². The van der Waals surface area contributed by atoms with Crippen LogP contribution in [0.3, 0.4) is 0 Å². The van der Waals surface area contributed by atoms with Crippen LogP contribution in [0.4, 0.5) is 5.69 Å². The summed E-state index contributed by atoms with van der Waals surface area (Å²) in [5.41, 5.74) is 0.390. The molecular weight excluding hydrogens is 414 g/mol. The Bertz CT molecular complexity index is 1060. The van der Waals surface area contributed by atoms with Gasteiger partial charge in [-0.05, 0) is 49.2 Å². The Morgan fingerprint density at radius 1 is 0.931 bits per heavy atom. The van der Waals surface area contributed by atoms with Gasteiger partial charge in [0.15, 0.2) is 0 Å². The molecule has 3 rings (SSSR count). The molecule has 1 aliphatic rings. The summed E-state index contributed by atoms with van der Waals surface area (Å²) in [5.74, 6) is -0.526. The van der Waals surface area contributed by atoms with Crippen LogP contribution in [0.2, 0.25) is 0 Å². The molecule has 8 nitrogen and oxygen atoms in total. The fraction of sp³-hybridized carbons (Fsp3) is 0.316. The number of nitrogens with zero attached hydrogens (tertiary/aromatic N) is 2. The minimum absolute atomic E-state index is 0.103. The molecule has 2 aromatic rings. The van der Waals surface area contributed by atoms with E-state index in [1.54, 1.807) is 18.2 Å². The molecule has 0 bridgehead atoms. The molecule has 1 fully saturated rings. The minimum atomic E-state index is -3.77. The molecule has 0 saturated carbocycles. The smallest absolute Gasteiger partial charge is 0.243 e. The van der Waals surface area contributed by atoms with E-state index in [1.165, 1.54) is 47.8 Å². The van der Waals surface area contributed by atoms with E-state index in [2.05, 4.69) is 5.32 Å². The number of amides is 1. The van der Waals surface area contributed by atoms with Crippen LogP contribution in [0.1, 0.15) is 12.8 Å². The summed E-state index contributed by atoms with van der Waals surface area (Å²) in [5, 5.41) is 2.59. The second-order valence-electron chi connectivity index (χ2n) is 6.76. The summed E-state index contributed by atoms with van der Waals surface area (Å²) < 4.78 is 52.4. The van der Waals surface area contributed by atoms with Crippen LogP contribution in [-0.4, -0.2) is 58.0 Å². The van der Waals surface area contributed by atoms with E-state index in [4.69, 9.17) is 0 Å². The van der Waals surface area contributed by atoms with Crippen molar-refractivity contribution in [2.45, 2.75) is 22.6 Å². The quantitative estimate of drug-likeness (QED) is 0.710. The van der Waals surface area contributed by atoms with E-state index in [0.717, 1.165) is 17.1 Å². The number of benzene rings is 2. The Kier molecular flexibility index (Phi) is 6.37. The third kappa shape index (κ3) is 4.84. The fourth-order valence-corrected chi connectivity index (χ4v) is 5.71. The van der Waals surface area contributed by atoms with Crippen molar-refractivity contribution in [1.82, 2.24) is 8.61 Å². The highest BCUT2D eigenvalue weighted by atomic mass is 32.2. The zero-order valence-electron chi connectivity index (χ0n) is 16.0. The van der Waals surface area contributed by atoms with E-state index >= 15 is 0 Å². The zero-order valence-corrected chi connectivity index (χ0v) is 17.6. The van der Waals surface area contributed by atoms with E-state index in [0.29, 0.717) is 18.8 Å². The molecule has 1 N–H and O–H groups in total. The highest BCUT2D eigenvalue weighted by Gasteiger charge is 2.27. The van der Waals surface area contributed by atoms with Gasteiger partial charge in [0, 0.05) is 25.8 Å². The highest BCUT2D eigenvalue weighted by molar-refractivity contribution is 7.89. The molecule has 0 atom stereocenters. The van der Waals surface area contributed by atoms with E-state index in [-0.39, 0.29) is 16.3 Å². The standard InChI is InChI=1S/C19H23N3O5S2/c1-21(28(24,25)17-7-3-2-4-8-17)15-19(23)20-16-9-11-18(12-10-16)29(26,27)22-13-5-6-14-22/h2-4,7-12H,5-6,13-15H2,1H3,(H,20,23). The van der Waals surface area contributed by atoms with Crippen molar-refractivity contribution in [3.63, 3.8) is 0 Å². The van der Waals surface area contributed by atoms with Crippen LogP contribution in [0, 0.1) is 0 Å². The topological polar surface area (TPSA) is 104 Å². The first-order valence-electron chi connectivity index (χ1n) is 9.13. The first-order chi connectivity index (χ1) is 13.7. The van der Waals surface area contributed by atoms with Crippen molar-refractivity contribution in [1.29, 1.82) is 0 Å². The van der Waals surface area contributed by atoms with Gasteiger partial charge in [0.25, 0.3) is 0 Å². The van der Waals surface area contributed by atoms with Crippen molar-refractivity contribution in [3.05, 3.63) is 54.6 Å². The number of rotatable bonds is 7. The van der Waals surface area contributed by atoms with Crippen molar-refractivity contribution in [2.75, 3.05) is 32.0 Å². The van der Waals surface area contributed by atoms with Gasteiger partial charge < -0.3 is 5.32 Å². The van der Waals surface area contributed by atoms with Gasteiger partial charge in [-0.2, -0.15) is 8.61 Å². The number of anilines is 1.